The van der Waals surface area contributed by atoms with E-state index >= 15 is 0 Å². The molecule has 130 valence electrons. The lowest BCUT2D eigenvalue weighted by Crippen LogP contribution is -2.34. The predicted molar refractivity (Wildman–Crippen MR) is 98.3 cm³/mol. The average molecular weight is 308 g/mol. The summed E-state index contributed by atoms with van der Waals surface area (Å²) >= 11 is 0. The Balaban J connectivity index is 2.00. The Kier molecular flexibility index (Phi) is 8.89. The molecule has 0 amide bonds. The topological polar surface area (TPSA) is 3.24 Å². The summed E-state index contributed by atoms with van der Waals surface area (Å²) in [4.78, 5) is 2.48. The molecule has 22 heavy (non-hydrogen) atoms. The van der Waals surface area contributed by atoms with Crippen molar-refractivity contribution in [3.8, 4) is 0 Å². The van der Waals surface area contributed by atoms with E-state index in [1.807, 2.05) is 0 Å². The van der Waals surface area contributed by atoms with Crippen molar-refractivity contribution in [3.05, 3.63) is 0 Å². The summed E-state index contributed by atoms with van der Waals surface area (Å²) in [6, 6.07) is 0. The van der Waals surface area contributed by atoms with Crippen molar-refractivity contribution >= 4 is 0 Å². The third kappa shape index (κ3) is 6.60. The van der Waals surface area contributed by atoms with E-state index in [9.17, 15) is 0 Å². The van der Waals surface area contributed by atoms with E-state index in [4.69, 9.17) is 0 Å². The second kappa shape index (κ2) is 10.7. The molecule has 0 heterocycles. The molecule has 1 heteroatoms. The standard InChI is InChI=1S/C21H41N/c1-22(2)18-21(20-16-12-8-5-9-13-17-20)19-14-10-6-3-4-7-11-15-19/h19-21H,3-18H2,1-2H3. The van der Waals surface area contributed by atoms with Gasteiger partial charge in [-0.05, 0) is 31.8 Å². The third-order valence-electron chi connectivity index (χ3n) is 6.34. The van der Waals surface area contributed by atoms with E-state index in [0.29, 0.717) is 0 Å². The molecule has 2 rings (SSSR count). The van der Waals surface area contributed by atoms with Crippen molar-refractivity contribution in [2.24, 2.45) is 17.8 Å². The van der Waals surface area contributed by atoms with Crippen LogP contribution in [0.25, 0.3) is 0 Å². The van der Waals surface area contributed by atoms with Crippen LogP contribution in [0, 0.1) is 17.8 Å². The molecule has 2 aliphatic rings. The Morgan fingerprint density at radius 3 is 1.23 bits per heavy atom. The Morgan fingerprint density at radius 2 is 0.909 bits per heavy atom. The average Bonchev–Trinajstić information content (AvgIpc) is 2.58. The van der Waals surface area contributed by atoms with Crippen molar-refractivity contribution in [2.45, 2.75) is 96.3 Å². The van der Waals surface area contributed by atoms with Crippen LogP contribution in [-0.4, -0.2) is 25.5 Å². The molecule has 0 bridgehead atoms. The van der Waals surface area contributed by atoms with E-state index in [0.717, 1.165) is 17.8 Å². The van der Waals surface area contributed by atoms with E-state index in [1.165, 1.54) is 103 Å². The summed E-state index contributed by atoms with van der Waals surface area (Å²) in [5, 5.41) is 0. The lowest BCUT2D eigenvalue weighted by Gasteiger charge is -2.37. The summed E-state index contributed by atoms with van der Waals surface area (Å²) in [5.41, 5.74) is 0. The van der Waals surface area contributed by atoms with Gasteiger partial charge in [0.2, 0.25) is 0 Å². The molecule has 1 nitrogen and oxygen atoms in total. The fourth-order valence-electron chi connectivity index (χ4n) is 5.11. The first kappa shape index (κ1) is 18.3. The highest BCUT2D eigenvalue weighted by atomic mass is 15.1. The number of hydrogen-bond donors (Lipinski definition) is 0. The molecule has 0 aromatic heterocycles. The number of nitrogens with zero attached hydrogens (tertiary/aromatic N) is 1. The first-order valence-electron chi connectivity index (χ1n) is 10.4. The largest absolute Gasteiger partial charge is 0.309 e. The minimum atomic E-state index is 0.978. The van der Waals surface area contributed by atoms with Gasteiger partial charge in [-0.1, -0.05) is 96.3 Å². The van der Waals surface area contributed by atoms with Gasteiger partial charge in [0, 0.05) is 6.54 Å². The van der Waals surface area contributed by atoms with Gasteiger partial charge in [-0.2, -0.15) is 0 Å². The van der Waals surface area contributed by atoms with Crippen molar-refractivity contribution in [2.75, 3.05) is 20.6 Å². The Bertz CT molecular complexity index is 255. The highest BCUT2D eigenvalue weighted by molar-refractivity contribution is 4.81. The van der Waals surface area contributed by atoms with Gasteiger partial charge in [-0.15, -0.1) is 0 Å². The number of rotatable bonds is 4. The van der Waals surface area contributed by atoms with Gasteiger partial charge < -0.3 is 4.90 Å². The predicted octanol–water partition coefficient (Wildman–Crippen LogP) is 6.28. The Morgan fingerprint density at radius 1 is 0.591 bits per heavy atom. The highest BCUT2D eigenvalue weighted by Crippen LogP contribution is 2.38. The SMILES string of the molecule is CN(C)CC(C1CCCCCCCC1)C1CCCCCCC1. The van der Waals surface area contributed by atoms with Crippen LogP contribution in [-0.2, 0) is 0 Å². The lowest BCUT2D eigenvalue weighted by atomic mass is 9.72. The molecular weight excluding hydrogens is 266 g/mol. The van der Waals surface area contributed by atoms with Gasteiger partial charge in [-0.3, -0.25) is 0 Å². The molecule has 0 spiro atoms. The number of hydrogen-bond acceptors (Lipinski definition) is 1. The molecule has 0 aromatic rings. The molecule has 0 aliphatic heterocycles. The molecule has 0 saturated heterocycles. The minimum absolute atomic E-state index is 0.978. The second-order valence-corrected chi connectivity index (χ2v) is 8.49. The monoisotopic (exact) mass is 307 g/mol. The lowest BCUT2D eigenvalue weighted by molar-refractivity contribution is 0.132. The van der Waals surface area contributed by atoms with Crippen LogP contribution in [0.15, 0.2) is 0 Å². The normalized spacial score (nSPS) is 25.8. The van der Waals surface area contributed by atoms with Crippen LogP contribution in [0.4, 0.5) is 0 Å². The maximum Gasteiger partial charge on any atom is 0.000886 e. The van der Waals surface area contributed by atoms with E-state index < -0.39 is 0 Å². The van der Waals surface area contributed by atoms with E-state index in [2.05, 4.69) is 19.0 Å². The first-order valence-corrected chi connectivity index (χ1v) is 10.4. The molecule has 0 aromatic carbocycles. The quantitative estimate of drug-likeness (QED) is 0.591. The summed E-state index contributed by atoms with van der Waals surface area (Å²) < 4.78 is 0. The van der Waals surface area contributed by atoms with Gasteiger partial charge in [0.25, 0.3) is 0 Å². The zero-order valence-corrected chi connectivity index (χ0v) is 15.5. The maximum atomic E-state index is 2.48. The van der Waals surface area contributed by atoms with Gasteiger partial charge in [0.05, 0.1) is 0 Å². The molecule has 0 N–H and O–H groups in total. The molecule has 1 atom stereocenters. The highest BCUT2D eigenvalue weighted by Gasteiger charge is 2.29. The smallest absolute Gasteiger partial charge is 0.000886 e. The van der Waals surface area contributed by atoms with Crippen LogP contribution < -0.4 is 0 Å². The van der Waals surface area contributed by atoms with Gasteiger partial charge in [0.1, 0.15) is 0 Å². The molecule has 2 aliphatic carbocycles. The van der Waals surface area contributed by atoms with Gasteiger partial charge >= 0.3 is 0 Å². The van der Waals surface area contributed by atoms with Crippen LogP contribution in [0.5, 0.6) is 0 Å². The molecule has 2 fully saturated rings. The van der Waals surface area contributed by atoms with Gasteiger partial charge in [0.15, 0.2) is 0 Å². The van der Waals surface area contributed by atoms with Crippen LogP contribution >= 0.6 is 0 Å². The maximum absolute atomic E-state index is 2.48. The Labute approximate surface area is 140 Å². The molecule has 1 unspecified atom stereocenters. The summed E-state index contributed by atoms with van der Waals surface area (Å²) in [6.07, 6.45) is 22.6. The molecule has 0 radical (unpaired) electrons. The van der Waals surface area contributed by atoms with Crippen LogP contribution in [0.2, 0.25) is 0 Å². The van der Waals surface area contributed by atoms with Crippen molar-refractivity contribution in [1.29, 1.82) is 0 Å². The summed E-state index contributed by atoms with van der Waals surface area (Å²) in [6.45, 7) is 1.34. The fourth-order valence-corrected chi connectivity index (χ4v) is 5.11. The molecule has 2 saturated carbocycles. The zero-order valence-electron chi connectivity index (χ0n) is 15.5. The first-order chi connectivity index (χ1) is 10.8. The second-order valence-electron chi connectivity index (χ2n) is 8.49. The van der Waals surface area contributed by atoms with Gasteiger partial charge in [-0.25, -0.2) is 0 Å². The fraction of sp³-hybridized carbons (Fsp3) is 1.00. The zero-order chi connectivity index (χ0) is 15.6. The summed E-state index contributed by atoms with van der Waals surface area (Å²) in [7, 11) is 4.59. The third-order valence-corrected chi connectivity index (χ3v) is 6.34. The van der Waals surface area contributed by atoms with Crippen molar-refractivity contribution < 1.29 is 0 Å². The van der Waals surface area contributed by atoms with Crippen molar-refractivity contribution in [3.63, 3.8) is 0 Å². The molecular formula is C21H41N. The minimum Gasteiger partial charge on any atom is -0.309 e. The Hall–Kier alpha value is -0.0400. The van der Waals surface area contributed by atoms with E-state index in [-0.39, 0.29) is 0 Å². The van der Waals surface area contributed by atoms with E-state index in [1.54, 1.807) is 0 Å². The van der Waals surface area contributed by atoms with Crippen LogP contribution in [0.3, 0.4) is 0 Å². The van der Waals surface area contributed by atoms with Crippen molar-refractivity contribution in [1.82, 2.24) is 4.90 Å². The van der Waals surface area contributed by atoms with Crippen LogP contribution in [0.1, 0.15) is 96.3 Å². The summed E-state index contributed by atoms with van der Waals surface area (Å²) in [5.74, 6) is 3.02.